The van der Waals surface area contributed by atoms with Crippen molar-refractivity contribution in [2.45, 2.75) is 31.1 Å². The van der Waals surface area contributed by atoms with Gasteiger partial charge >= 0.3 is 0 Å². The Kier molecular flexibility index (Phi) is 3.72. The summed E-state index contributed by atoms with van der Waals surface area (Å²) in [4.78, 5) is 12.2. The summed E-state index contributed by atoms with van der Waals surface area (Å²) in [6, 6.07) is 9.31. The highest BCUT2D eigenvalue weighted by atomic mass is 32.2. The Labute approximate surface area is 129 Å². The number of hydrogen-bond acceptors (Lipinski definition) is 4. The van der Waals surface area contributed by atoms with Gasteiger partial charge in [-0.15, -0.1) is 0 Å². The molecule has 0 bridgehead atoms. The second-order valence-corrected chi connectivity index (χ2v) is 8.35. The molecule has 0 aliphatic heterocycles. The molecule has 22 heavy (non-hydrogen) atoms. The Morgan fingerprint density at radius 3 is 2.59 bits per heavy atom. The van der Waals surface area contributed by atoms with Crippen molar-refractivity contribution in [3.05, 3.63) is 36.1 Å². The van der Waals surface area contributed by atoms with Crippen LogP contribution in [-0.2, 0) is 14.6 Å². The molecule has 1 heterocycles. The summed E-state index contributed by atoms with van der Waals surface area (Å²) >= 11 is 0. The highest BCUT2D eigenvalue weighted by Crippen LogP contribution is 2.42. The molecule has 1 amide bonds. The SMILES string of the molecule is CC(C(=O)NC(c1cc2ccccc2o1)C1CC1)S(C)(=O)=O. The molecule has 0 spiro atoms. The molecule has 6 heteroatoms. The maximum Gasteiger partial charge on any atom is 0.238 e. The van der Waals surface area contributed by atoms with Crippen molar-refractivity contribution in [3.63, 3.8) is 0 Å². The average molecular weight is 321 g/mol. The second kappa shape index (κ2) is 5.43. The van der Waals surface area contributed by atoms with Crippen LogP contribution in [0.4, 0.5) is 0 Å². The van der Waals surface area contributed by atoms with E-state index in [-0.39, 0.29) is 6.04 Å². The van der Waals surface area contributed by atoms with Crippen molar-refractivity contribution in [1.82, 2.24) is 5.32 Å². The maximum atomic E-state index is 12.2. The first-order valence-corrected chi connectivity index (χ1v) is 9.29. The van der Waals surface area contributed by atoms with E-state index in [1.807, 2.05) is 30.3 Å². The van der Waals surface area contributed by atoms with Crippen LogP contribution in [0.15, 0.2) is 34.7 Å². The molecule has 1 fully saturated rings. The minimum atomic E-state index is -3.40. The third-order valence-electron chi connectivity index (χ3n) is 4.15. The Balaban J connectivity index is 1.86. The van der Waals surface area contributed by atoms with E-state index in [1.54, 1.807) is 0 Å². The molecule has 118 valence electrons. The number of fused-ring (bicyclic) bond motifs is 1. The van der Waals surface area contributed by atoms with Crippen LogP contribution in [0.3, 0.4) is 0 Å². The summed E-state index contributed by atoms with van der Waals surface area (Å²) in [6.45, 7) is 1.41. The van der Waals surface area contributed by atoms with E-state index in [9.17, 15) is 13.2 Å². The van der Waals surface area contributed by atoms with Crippen molar-refractivity contribution >= 4 is 26.7 Å². The van der Waals surface area contributed by atoms with Gasteiger partial charge in [0, 0.05) is 11.6 Å². The molecular formula is C16H19NO4S. The number of para-hydroxylation sites is 1. The highest BCUT2D eigenvalue weighted by Gasteiger charge is 2.37. The average Bonchev–Trinajstić information content (AvgIpc) is 3.20. The first kappa shape index (κ1) is 15.1. The molecule has 1 saturated carbocycles. The summed E-state index contributed by atoms with van der Waals surface area (Å²) in [6.07, 6.45) is 3.09. The van der Waals surface area contributed by atoms with Gasteiger partial charge in [-0.25, -0.2) is 8.42 Å². The van der Waals surface area contributed by atoms with Gasteiger partial charge in [0.15, 0.2) is 9.84 Å². The van der Waals surface area contributed by atoms with Crippen LogP contribution in [0.5, 0.6) is 0 Å². The van der Waals surface area contributed by atoms with Crippen molar-refractivity contribution in [2.75, 3.05) is 6.26 Å². The van der Waals surface area contributed by atoms with Crippen LogP contribution in [0.1, 0.15) is 31.6 Å². The fourth-order valence-corrected chi connectivity index (χ4v) is 2.93. The van der Waals surface area contributed by atoms with Gasteiger partial charge in [0.05, 0.1) is 6.04 Å². The Morgan fingerprint density at radius 1 is 1.32 bits per heavy atom. The molecule has 0 saturated heterocycles. The number of furan rings is 1. The Bertz CT molecular complexity index is 771. The molecule has 1 aromatic carbocycles. The first-order chi connectivity index (χ1) is 10.4. The van der Waals surface area contributed by atoms with Crippen molar-refractivity contribution in [1.29, 1.82) is 0 Å². The standard InChI is InChI=1S/C16H19NO4S/c1-10(22(2,19)20)16(18)17-15(11-7-8-11)14-9-12-5-3-4-6-13(12)21-14/h3-6,9-11,15H,7-8H2,1-2H3,(H,17,18). The summed E-state index contributed by atoms with van der Waals surface area (Å²) in [5, 5.41) is 2.77. The lowest BCUT2D eigenvalue weighted by atomic mass is 10.1. The number of rotatable bonds is 5. The minimum absolute atomic E-state index is 0.260. The number of carbonyl (C=O) groups excluding carboxylic acids is 1. The van der Waals surface area contributed by atoms with Gasteiger partial charge in [-0.05, 0) is 37.8 Å². The molecule has 5 nitrogen and oxygen atoms in total. The monoisotopic (exact) mass is 321 g/mol. The lowest BCUT2D eigenvalue weighted by molar-refractivity contribution is -0.121. The van der Waals surface area contributed by atoms with E-state index in [2.05, 4.69) is 5.32 Å². The van der Waals surface area contributed by atoms with Gasteiger partial charge < -0.3 is 9.73 Å². The molecule has 2 aromatic rings. The molecule has 1 aliphatic rings. The number of hydrogen-bond donors (Lipinski definition) is 1. The number of carbonyl (C=O) groups is 1. The first-order valence-electron chi connectivity index (χ1n) is 7.34. The quantitative estimate of drug-likeness (QED) is 0.917. The summed E-state index contributed by atoms with van der Waals surface area (Å²) < 4.78 is 28.9. The topological polar surface area (TPSA) is 76.4 Å². The maximum absolute atomic E-state index is 12.2. The van der Waals surface area contributed by atoms with Gasteiger partial charge in [-0.2, -0.15) is 0 Å². The molecular weight excluding hydrogens is 302 g/mol. The summed E-state index contributed by atoms with van der Waals surface area (Å²) in [5.74, 6) is 0.536. The molecule has 2 atom stereocenters. The van der Waals surface area contributed by atoms with Crippen LogP contribution in [0, 0.1) is 5.92 Å². The fourth-order valence-electron chi connectivity index (χ4n) is 2.47. The molecule has 0 radical (unpaired) electrons. The third kappa shape index (κ3) is 3.02. The zero-order valence-electron chi connectivity index (χ0n) is 12.6. The summed E-state index contributed by atoms with van der Waals surface area (Å²) in [5.41, 5.74) is 0.772. The van der Waals surface area contributed by atoms with Crippen molar-refractivity contribution in [3.8, 4) is 0 Å². The van der Waals surface area contributed by atoms with E-state index < -0.39 is 21.0 Å². The van der Waals surface area contributed by atoms with Crippen LogP contribution in [0.25, 0.3) is 11.0 Å². The molecule has 1 aliphatic carbocycles. The minimum Gasteiger partial charge on any atom is -0.459 e. The van der Waals surface area contributed by atoms with E-state index in [0.717, 1.165) is 30.1 Å². The zero-order chi connectivity index (χ0) is 15.9. The predicted octanol–water partition coefficient (Wildman–Crippen LogP) is 2.43. The van der Waals surface area contributed by atoms with Crippen molar-refractivity contribution in [2.24, 2.45) is 5.92 Å². The molecule has 1 N–H and O–H groups in total. The smallest absolute Gasteiger partial charge is 0.238 e. The van der Waals surface area contributed by atoms with Crippen molar-refractivity contribution < 1.29 is 17.6 Å². The Hall–Kier alpha value is -1.82. The van der Waals surface area contributed by atoms with Crippen LogP contribution < -0.4 is 5.32 Å². The lowest BCUT2D eigenvalue weighted by Crippen LogP contribution is -2.40. The largest absolute Gasteiger partial charge is 0.459 e. The number of sulfone groups is 1. The summed E-state index contributed by atoms with van der Waals surface area (Å²) in [7, 11) is -3.40. The van der Waals surface area contributed by atoms with E-state index in [1.165, 1.54) is 6.92 Å². The number of nitrogens with one attached hydrogen (secondary N) is 1. The predicted molar refractivity (Wildman–Crippen MR) is 84.1 cm³/mol. The van der Waals surface area contributed by atoms with Gasteiger partial charge in [0.1, 0.15) is 16.6 Å². The van der Waals surface area contributed by atoms with Gasteiger partial charge in [0.2, 0.25) is 5.91 Å². The second-order valence-electron chi connectivity index (χ2n) is 5.98. The van der Waals surface area contributed by atoms with E-state index in [4.69, 9.17) is 4.42 Å². The van der Waals surface area contributed by atoms with Gasteiger partial charge in [0.25, 0.3) is 0 Å². The molecule has 2 unspecified atom stereocenters. The normalized spacial score (nSPS) is 18.1. The molecule has 3 rings (SSSR count). The van der Waals surface area contributed by atoms with Crippen LogP contribution >= 0.6 is 0 Å². The lowest BCUT2D eigenvalue weighted by Gasteiger charge is -2.18. The van der Waals surface area contributed by atoms with Crippen LogP contribution in [0.2, 0.25) is 0 Å². The third-order valence-corrected chi connectivity index (χ3v) is 5.65. The van der Waals surface area contributed by atoms with Crippen LogP contribution in [-0.4, -0.2) is 25.8 Å². The molecule has 1 aromatic heterocycles. The number of benzene rings is 1. The fraction of sp³-hybridized carbons (Fsp3) is 0.438. The Morgan fingerprint density at radius 2 is 2.00 bits per heavy atom. The van der Waals surface area contributed by atoms with Gasteiger partial charge in [-0.3, -0.25) is 4.79 Å². The van der Waals surface area contributed by atoms with Gasteiger partial charge in [-0.1, -0.05) is 18.2 Å². The number of amides is 1. The van der Waals surface area contributed by atoms with E-state index >= 15 is 0 Å². The highest BCUT2D eigenvalue weighted by molar-refractivity contribution is 7.92. The van der Waals surface area contributed by atoms with E-state index in [0.29, 0.717) is 11.7 Å². The zero-order valence-corrected chi connectivity index (χ0v) is 13.4.